The molecule has 0 aliphatic carbocycles. The fourth-order valence-electron chi connectivity index (χ4n) is 5.40. The molecule has 0 aromatic rings. The summed E-state index contributed by atoms with van der Waals surface area (Å²) in [5.41, 5.74) is 5.33. The van der Waals surface area contributed by atoms with E-state index < -0.39 is 26.5 Å². The maximum absolute atomic E-state index is 12.5. The molecule has 0 aromatic heterocycles. The highest BCUT2D eigenvalue weighted by molar-refractivity contribution is 7.47. The molecule has 0 bridgehead atoms. The van der Waals surface area contributed by atoms with Gasteiger partial charge in [-0.3, -0.25) is 18.6 Å². The molecular formula is C40H74NO8P. The maximum atomic E-state index is 12.5. The lowest BCUT2D eigenvalue weighted by Gasteiger charge is -2.19. The van der Waals surface area contributed by atoms with Gasteiger partial charge < -0.3 is 20.1 Å². The summed E-state index contributed by atoms with van der Waals surface area (Å²) in [6.45, 7) is 3.57. The van der Waals surface area contributed by atoms with Crippen molar-refractivity contribution in [1.29, 1.82) is 0 Å². The van der Waals surface area contributed by atoms with Crippen molar-refractivity contribution in [2.24, 2.45) is 5.73 Å². The minimum Gasteiger partial charge on any atom is -0.462 e. The standard InChI is InChI=1S/C40H74NO8P/c1-3-5-7-9-11-13-15-17-18-19-21-22-24-26-28-30-32-39(42)46-36-38(37-48-50(44,45)47-35-34-41)49-40(43)33-31-29-27-25-23-20-16-14-12-10-8-6-4-2/h6,8,10,12,14,16,38H,3-5,7,9,11,13,15,17-37,41H2,1-2H3,(H,44,45)/b8-6+,12-10+,16-14+. The van der Waals surface area contributed by atoms with E-state index >= 15 is 0 Å². The van der Waals surface area contributed by atoms with Crippen LogP contribution < -0.4 is 5.73 Å². The molecule has 2 unspecified atom stereocenters. The van der Waals surface area contributed by atoms with E-state index in [1.54, 1.807) is 0 Å². The topological polar surface area (TPSA) is 134 Å². The number of nitrogens with two attached hydrogens (primary N) is 1. The Labute approximate surface area is 305 Å². The number of phosphoric acid groups is 1. The third-order valence-corrected chi connectivity index (χ3v) is 9.34. The summed E-state index contributed by atoms with van der Waals surface area (Å²) < 4.78 is 32.7. The lowest BCUT2D eigenvalue weighted by atomic mass is 10.0. The molecule has 0 spiro atoms. The minimum atomic E-state index is -4.38. The Balaban J connectivity index is 4.19. The molecule has 0 aliphatic heterocycles. The Morgan fingerprint density at radius 1 is 0.620 bits per heavy atom. The fourth-order valence-corrected chi connectivity index (χ4v) is 6.16. The number of unbranched alkanes of at least 4 members (excludes halogenated alkanes) is 20. The van der Waals surface area contributed by atoms with Crippen molar-refractivity contribution in [3.05, 3.63) is 36.5 Å². The number of phosphoric ester groups is 1. The van der Waals surface area contributed by atoms with Crippen LogP contribution in [0.15, 0.2) is 36.5 Å². The Morgan fingerprint density at radius 2 is 1.10 bits per heavy atom. The van der Waals surface area contributed by atoms with Crippen molar-refractivity contribution in [3.8, 4) is 0 Å². The van der Waals surface area contributed by atoms with Crippen molar-refractivity contribution in [1.82, 2.24) is 0 Å². The lowest BCUT2D eigenvalue weighted by Crippen LogP contribution is -2.29. The molecule has 292 valence electrons. The second-order valence-electron chi connectivity index (χ2n) is 13.2. The van der Waals surface area contributed by atoms with E-state index in [0.717, 1.165) is 57.8 Å². The SMILES string of the molecule is CC/C=C/C=C/C=C/CCCCCCCC(=O)OC(COC(=O)CCCCCCCCCCCCCCCCCC)COP(=O)(O)OCCN. The smallest absolute Gasteiger partial charge is 0.462 e. The van der Waals surface area contributed by atoms with E-state index in [0.29, 0.717) is 6.42 Å². The van der Waals surface area contributed by atoms with Crippen LogP contribution >= 0.6 is 7.82 Å². The van der Waals surface area contributed by atoms with Gasteiger partial charge in [0.15, 0.2) is 6.10 Å². The van der Waals surface area contributed by atoms with E-state index in [9.17, 15) is 19.0 Å². The van der Waals surface area contributed by atoms with E-state index in [4.69, 9.17) is 24.3 Å². The molecular weight excluding hydrogens is 653 g/mol. The first-order valence-corrected chi connectivity index (χ1v) is 21.5. The number of allylic oxidation sites excluding steroid dienone is 6. The number of hydrogen-bond acceptors (Lipinski definition) is 8. The predicted molar refractivity (Wildman–Crippen MR) is 206 cm³/mol. The van der Waals surface area contributed by atoms with Gasteiger partial charge in [-0.2, -0.15) is 0 Å². The summed E-state index contributed by atoms with van der Waals surface area (Å²) in [6.07, 6.45) is 38.9. The summed E-state index contributed by atoms with van der Waals surface area (Å²) in [4.78, 5) is 34.7. The first-order valence-electron chi connectivity index (χ1n) is 20.0. The molecule has 0 aromatic carbocycles. The van der Waals surface area contributed by atoms with Crippen LogP contribution in [-0.2, 0) is 32.7 Å². The molecule has 0 aliphatic rings. The lowest BCUT2D eigenvalue weighted by molar-refractivity contribution is -0.161. The van der Waals surface area contributed by atoms with Gasteiger partial charge >= 0.3 is 19.8 Å². The van der Waals surface area contributed by atoms with Crippen molar-refractivity contribution < 1.29 is 37.6 Å². The van der Waals surface area contributed by atoms with E-state index in [1.807, 2.05) is 18.2 Å². The monoisotopic (exact) mass is 728 g/mol. The zero-order chi connectivity index (χ0) is 36.8. The second-order valence-corrected chi connectivity index (χ2v) is 14.6. The van der Waals surface area contributed by atoms with Crippen LogP contribution in [0, 0.1) is 0 Å². The quantitative estimate of drug-likeness (QED) is 0.0277. The molecule has 0 rings (SSSR count). The van der Waals surface area contributed by atoms with Gasteiger partial charge in [-0.15, -0.1) is 0 Å². The Bertz CT molecular complexity index is 923. The third-order valence-electron chi connectivity index (χ3n) is 8.35. The molecule has 0 radical (unpaired) electrons. The van der Waals surface area contributed by atoms with Crippen LogP contribution in [-0.4, -0.2) is 49.3 Å². The zero-order valence-electron chi connectivity index (χ0n) is 31.9. The first kappa shape index (κ1) is 48.2. The summed E-state index contributed by atoms with van der Waals surface area (Å²) in [5.74, 6) is -0.850. The van der Waals surface area contributed by atoms with Crippen LogP contribution in [0.2, 0.25) is 0 Å². The van der Waals surface area contributed by atoms with Crippen LogP contribution in [0.1, 0.15) is 174 Å². The van der Waals surface area contributed by atoms with Gasteiger partial charge in [-0.25, -0.2) is 4.57 Å². The van der Waals surface area contributed by atoms with Crippen LogP contribution in [0.4, 0.5) is 0 Å². The van der Waals surface area contributed by atoms with Crippen LogP contribution in [0.25, 0.3) is 0 Å². The predicted octanol–water partition coefficient (Wildman–Crippen LogP) is 11.0. The van der Waals surface area contributed by atoms with E-state index in [-0.39, 0.29) is 38.6 Å². The van der Waals surface area contributed by atoms with E-state index in [2.05, 4.69) is 32.1 Å². The molecule has 0 fully saturated rings. The molecule has 10 heteroatoms. The normalized spacial score (nSPS) is 13.8. The van der Waals surface area contributed by atoms with Crippen LogP contribution in [0.5, 0.6) is 0 Å². The molecule has 50 heavy (non-hydrogen) atoms. The highest BCUT2D eigenvalue weighted by atomic mass is 31.2. The van der Waals surface area contributed by atoms with Gasteiger partial charge in [0.1, 0.15) is 6.61 Å². The second kappa shape index (κ2) is 37.0. The molecule has 0 heterocycles. The molecule has 9 nitrogen and oxygen atoms in total. The van der Waals surface area contributed by atoms with Crippen molar-refractivity contribution in [2.45, 2.75) is 180 Å². The number of carbonyl (C=O) groups excluding carboxylic acids is 2. The van der Waals surface area contributed by atoms with Crippen LogP contribution in [0.3, 0.4) is 0 Å². The summed E-state index contributed by atoms with van der Waals surface area (Å²) >= 11 is 0. The summed E-state index contributed by atoms with van der Waals surface area (Å²) in [5, 5.41) is 0. The average molecular weight is 728 g/mol. The number of hydrogen-bond donors (Lipinski definition) is 2. The van der Waals surface area contributed by atoms with Gasteiger partial charge in [-0.05, 0) is 32.1 Å². The Hall–Kier alpha value is -1.77. The van der Waals surface area contributed by atoms with Crippen molar-refractivity contribution >= 4 is 19.8 Å². The molecule has 0 saturated heterocycles. The maximum Gasteiger partial charge on any atom is 0.472 e. The highest BCUT2D eigenvalue weighted by Crippen LogP contribution is 2.43. The van der Waals surface area contributed by atoms with Gasteiger partial charge in [0, 0.05) is 19.4 Å². The number of ether oxygens (including phenoxy) is 2. The highest BCUT2D eigenvalue weighted by Gasteiger charge is 2.25. The van der Waals surface area contributed by atoms with Gasteiger partial charge in [0.2, 0.25) is 0 Å². The Morgan fingerprint density at radius 3 is 1.62 bits per heavy atom. The number of esters is 2. The zero-order valence-corrected chi connectivity index (χ0v) is 32.8. The molecule has 3 N–H and O–H groups in total. The summed E-state index contributed by atoms with van der Waals surface area (Å²) in [6, 6.07) is 0. The third kappa shape index (κ3) is 36.0. The Kier molecular flexibility index (Phi) is 35.7. The minimum absolute atomic E-state index is 0.0499. The number of carbonyl (C=O) groups is 2. The molecule has 0 saturated carbocycles. The average Bonchev–Trinajstić information content (AvgIpc) is 3.10. The fraction of sp³-hybridized carbons (Fsp3) is 0.800. The van der Waals surface area contributed by atoms with Crippen molar-refractivity contribution in [3.63, 3.8) is 0 Å². The largest absolute Gasteiger partial charge is 0.472 e. The van der Waals surface area contributed by atoms with Crippen molar-refractivity contribution in [2.75, 3.05) is 26.4 Å². The van der Waals surface area contributed by atoms with Gasteiger partial charge in [0.25, 0.3) is 0 Å². The summed E-state index contributed by atoms with van der Waals surface area (Å²) in [7, 11) is -4.38. The molecule has 2 atom stereocenters. The molecule has 0 amide bonds. The van der Waals surface area contributed by atoms with Gasteiger partial charge in [-0.1, -0.05) is 166 Å². The van der Waals surface area contributed by atoms with E-state index in [1.165, 1.54) is 83.5 Å². The van der Waals surface area contributed by atoms with Gasteiger partial charge in [0.05, 0.1) is 13.2 Å². The number of rotatable bonds is 37. The first-order chi connectivity index (χ1) is 24.3.